The van der Waals surface area contributed by atoms with Gasteiger partial charge in [-0.25, -0.2) is 4.79 Å². The SMILES string of the molecule is CCSc1nsc(NC(=O)Nc2cccc(Cl)c2)n1. The summed E-state index contributed by atoms with van der Waals surface area (Å²) in [7, 11) is 0. The maximum atomic E-state index is 11.7. The van der Waals surface area contributed by atoms with E-state index in [1.807, 2.05) is 6.92 Å². The van der Waals surface area contributed by atoms with Crippen LogP contribution in [0.3, 0.4) is 0 Å². The molecule has 2 aromatic rings. The van der Waals surface area contributed by atoms with Gasteiger partial charge < -0.3 is 5.32 Å². The number of nitrogens with zero attached hydrogens (tertiary/aromatic N) is 2. The monoisotopic (exact) mass is 314 g/mol. The molecular formula is C11H11ClN4OS2. The van der Waals surface area contributed by atoms with Crippen molar-refractivity contribution in [2.24, 2.45) is 0 Å². The first-order valence-electron chi connectivity index (χ1n) is 5.47. The molecule has 0 aliphatic carbocycles. The second-order valence-electron chi connectivity index (χ2n) is 3.40. The molecule has 1 heterocycles. The largest absolute Gasteiger partial charge is 0.325 e. The van der Waals surface area contributed by atoms with Crippen molar-refractivity contribution in [2.75, 3.05) is 16.4 Å². The molecule has 2 rings (SSSR count). The molecule has 0 bridgehead atoms. The van der Waals surface area contributed by atoms with Crippen molar-refractivity contribution in [1.82, 2.24) is 9.36 Å². The van der Waals surface area contributed by atoms with E-state index in [0.29, 0.717) is 21.0 Å². The molecule has 8 heteroatoms. The fourth-order valence-corrected chi connectivity index (χ4v) is 2.73. The maximum absolute atomic E-state index is 11.7. The van der Waals surface area contributed by atoms with Crippen LogP contribution in [0.4, 0.5) is 15.6 Å². The predicted molar refractivity (Wildman–Crippen MR) is 80.4 cm³/mol. The molecule has 100 valence electrons. The number of nitrogens with one attached hydrogen (secondary N) is 2. The van der Waals surface area contributed by atoms with Crippen LogP contribution in [0.25, 0.3) is 0 Å². The Kier molecular flexibility index (Phi) is 5.00. The number of amides is 2. The summed E-state index contributed by atoms with van der Waals surface area (Å²) in [6.07, 6.45) is 0. The van der Waals surface area contributed by atoms with Gasteiger partial charge in [-0.1, -0.05) is 36.4 Å². The highest BCUT2D eigenvalue weighted by molar-refractivity contribution is 7.99. The van der Waals surface area contributed by atoms with Crippen LogP contribution in [0.5, 0.6) is 0 Å². The lowest BCUT2D eigenvalue weighted by Crippen LogP contribution is -2.19. The van der Waals surface area contributed by atoms with Crippen molar-refractivity contribution in [3.8, 4) is 0 Å². The molecule has 19 heavy (non-hydrogen) atoms. The Morgan fingerprint density at radius 3 is 3.05 bits per heavy atom. The van der Waals surface area contributed by atoms with E-state index in [1.165, 1.54) is 11.8 Å². The van der Waals surface area contributed by atoms with Gasteiger partial charge in [-0.05, 0) is 24.0 Å². The third-order valence-corrected chi connectivity index (χ3v) is 3.69. The molecule has 0 atom stereocenters. The van der Waals surface area contributed by atoms with Crippen LogP contribution in [0, 0.1) is 0 Å². The second kappa shape index (κ2) is 6.74. The van der Waals surface area contributed by atoms with Gasteiger partial charge in [-0.2, -0.15) is 9.36 Å². The van der Waals surface area contributed by atoms with Crippen LogP contribution in [-0.4, -0.2) is 21.1 Å². The Labute approximate surface area is 123 Å². The highest BCUT2D eigenvalue weighted by atomic mass is 35.5. The lowest BCUT2D eigenvalue weighted by Gasteiger charge is -2.04. The number of urea groups is 1. The quantitative estimate of drug-likeness (QED) is 0.839. The third kappa shape index (κ3) is 4.38. The minimum Gasteiger partial charge on any atom is -0.308 e. The molecule has 1 aromatic carbocycles. The zero-order chi connectivity index (χ0) is 13.7. The van der Waals surface area contributed by atoms with Gasteiger partial charge >= 0.3 is 6.03 Å². The van der Waals surface area contributed by atoms with Crippen molar-refractivity contribution >= 4 is 51.7 Å². The molecular weight excluding hydrogens is 304 g/mol. The van der Waals surface area contributed by atoms with Crippen molar-refractivity contribution in [3.63, 3.8) is 0 Å². The molecule has 0 fully saturated rings. The summed E-state index contributed by atoms with van der Waals surface area (Å²) < 4.78 is 4.11. The molecule has 0 aliphatic heterocycles. The van der Waals surface area contributed by atoms with E-state index in [9.17, 15) is 4.79 Å². The smallest absolute Gasteiger partial charge is 0.308 e. The molecule has 0 spiro atoms. The van der Waals surface area contributed by atoms with Gasteiger partial charge in [0.15, 0.2) is 0 Å². The summed E-state index contributed by atoms with van der Waals surface area (Å²) in [6.45, 7) is 2.02. The van der Waals surface area contributed by atoms with E-state index < -0.39 is 0 Å². The van der Waals surface area contributed by atoms with Crippen molar-refractivity contribution < 1.29 is 4.79 Å². The van der Waals surface area contributed by atoms with Crippen LogP contribution in [0.1, 0.15) is 6.92 Å². The van der Waals surface area contributed by atoms with E-state index >= 15 is 0 Å². The van der Waals surface area contributed by atoms with Gasteiger partial charge in [0.05, 0.1) is 0 Å². The Hall–Kier alpha value is -1.31. The Balaban J connectivity index is 1.93. The number of hydrogen-bond acceptors (Lipinski definition) is 5. The molecule has 0 saturated carbocycles. The molecule has 0 aliphatic rings. The molecule has 0 saturated heterocycles. The van der Waals surface area contributed by atoms with Crippen LogP contribution >= 0.6 is 34.9 Å². The minimum absolute atomic E-state index is 0.369. The van der Waals surface area contributed by atoms with E-state index in [0.717, 1.165) is 17.3 Å². The van der Waals surface area contributed by atoms with Crippen LogP contribution in [-0.2, 0) is 0 Å². The Morgan fingerprint density at radius 1 is 1.47 bits per heavy atom. The summed E-state index contributed by atoms with van der Waals surface area (Å²) in [5.74, 6) is 0.894. The van der Waals surface area contributed by atoms with Crippen molar-refractivity contribution in [2.45, 2.75) is 12.1 Å². The number of halogens is 1. The number of hydrogen-bond donors (Lipinski definition) is 2. The number of rotatable bonds is 4. The van der Waals surface area contributed by atoms with Crippen LogP contribution in [0.15, 0.2) is 29.4 Å². The number of carbonyl (C=O) groups excluding carboxylic acids is 1. The van der Waals surface area contributed by atoms with Crippen LogP contribution < -0.4 is 10.6 Å². The average Bonchev–Trinajstić information content (AvgIpc) is 2.77. The summed E-state index contributed by atoms with van der Waals surface area (Å²) in [5.41, 5.74) is 0.623. The maximum Gasteiger partial charge on any atom is 0.325 e. The van der Waals surface area contributed by atoms with Crippen LogP contribution in [0.2, 0.25) is 5.02 Å². The van der Waals surface area contributed by atoms with Gasteiger partial charge in [0.1, 0.15) is 0 Å². The summed E-state index contributed by atoms with van der Waals surface area (Å²) in [4.78, 5) is 15.9. The van der Waals surface area contributed by atoms with Gasteiger partial charge in [0, 0.05) is 22.2 Å². The first-order valence-corrected chi connectivity index (χ1v) is 7.61. The minimum atomic E-state index is -0.369. The average molecular weight is 315 g/mol. The lowest BCUT2D eigenvalue weighted by atomic mass is 10.3. The normalized spacial score (nSPS) is 10.2. The molecule has 1 aromatic heterocycles. The van der Waals surface area contributed by atoms with E-state index in [2.05, 4.69) is 20.0 Å². The number of thioether (sulfide) groups is 1. The molecule has 5 nitrogen and oxygen atoms in total. The highest BCUT2D eigenvalue weighted by Gasteiger charge is 2.08. The molecule has 0 radical (unpaired) electrons. The van der Waals surface area contributed by atoms with Gasteiger partial charge in [0.25, 0.3) is 0 Å². The first kappa shape index (κ1) is 14.1. The molecule has 0 unspecified atom stereocenters. The number of benzene rings is 1. The Bertz CT molecular complexity index is 575. The fraction of sp³-hybridized carbons (Fsp3) is 0.182. The van der Waals surface area contributed by atoms with E-state index in [-0.39, 0.29) is 6.03 Å². The molecule has 2 amide bonds. The van der Waals surface area contributed by atoms with Gasteiger partial charge in [-0.15, -0.1) is 0 Å². The Morgan fingerprint density at radius 2 is 2.32 bits per heavy atom. The summed E-state index contributed by atoms with van der Waals surface area (Å²) in [5, 5.41) is 7.00. The number of carbonyl (C=O) groups is 1. The summed E-state index contributed by atoms with van der Waals surface area (Å²) >= 11 is 8.51. The zero-order valence-corrected chi connectivity index (χ0v) is 12.4. The highest BCUT2D eigenvalue weighted by Crippen LogP contribution is 2.20. The van der Waals surface area contributed by atoms with Gasteiger partial charge in [0.2, 0.25) is 10.3 Å². The van der Waals surface area contributed by atoms with Gasteiger partial charge in [-0.3, -0.25) is 5.32 Å². The first-order chi connectivity index (χ1) is 9.17. The lowest BCUT2D eigenvalue weighted by molar-refractivity contribution is 0.262. The number of anilines is 2. The standard InChI is InChI=1S/C11H11ClN4OS2/c1-2-18-11-15-10(19-16-11)14-9(17)13-8-5-3-4-7(12)6-8/h3-6H,2H2,1H3,(H2,13,14,15,16,17). The summed E-state index contributed by atoms with van der Waals surface area (Å²) in [6, 6.07) is 6.55. The zero-order valence-electron chi connectivity index (χ0n) is 10.0. The third-order valence-electron chi connectivity index (χ3n) is 1.98. The van der Waals surface area contributed by atoms with E-state index in [4.69, 9.17) is 11.6 Å². The molecule has 2 N–H and O–H groups in total. The fourth-order valence-electron chi connectivity index (χ4n) is 1.27. The number of aromatic nitrogens is 2. The van der Waals surface area contributed by atoms with Crippen molar-refractivity contribution in [1.29, 1.82) is 0 Å². The predicted octanol–water partition coefficient (Wildman–Crippen LogP) is 3.95. The van der Waals surface area contributed by atoms with Crippen molar-refractivity contribution in [3.05, 3.63) is 29.3 Å². The topological polar surface area (TPSA) is 66.9 Å². The van der Waals surface area contributed by atoms with E-state index in [1.54, 1.807) is 24.3 Å². The second-order valence-corrected chi connectivity index (χ2v) is 5.82.